The van der Waals surface area contributed by atoms with Crippen molar-refractivity contribution in [1.29, 1.82) is 0 Å². The lowest BCUT2D eigenvalue weighted by Gasteiger charge is -2.31. The van der Waals surface area contributed by atoms with E-state index in [2.05, 4.69) is 15.5 Å². The van der Waals surface area contributed by atoms with Gasteiger partial charge in [0.05, 0.1) is 12.6 Å². The van der Waals surface area contributed by atoms with E-state index in [1.165, 1.54) is 0 Å². The van der Waals surface area contributed by atoms with Crippen LogP contribution in [0.15, 0.2) is 48.5 Å². The third-order valence-electron chi connectivity index (χ3n) is 5.45. The maximum Gasteiger partial charge on any atom is 0.274 e. The van der Waals surface area contributed by atoms with Crippen LogP contribution >= 0.6 is 0 Å². The van der Waals surface area contributed by atoms with Gasteiger partial charge in [0.1, 0.15) is 5.75 Å². The van der Waals surface area contributed by atoms with Crippen molar-refractivity contribution in [3.05, 3.63) is 59.8 Å². The summed E-state index contributed by atoms with van der Waals surface area (Å²) >= 11 is 0. The zero-order chi connectivity index (χ0) is 20.2. The van der Waals surface area contributed by atoms with Crippen molar-refractivity contribution in [2.75, 3.05) is 20.2 Å². The van der Waals surface area contributed by atoms with Crippen molar-refractivity contribution < 1.29 is 14.3 Å². The van der Waals surface area contributed by atoms with E-state index >= 15 is 0 Å². The van der Waals surface area contributed by atoms with Gasteiger partial charge in [0, 0.05) is 30.9 Å². The Balaban J connectivity index is 1.30. The number of nitrogens with one attached hydrogen (secondary N) is 2. The van der Waals surface area contributed by atoms with Crippen LogP contribution in [-0.4, -0.2) is 47.1 Å². The summed E-state index contributed by atoms with van der Waals surface area (Å²) in [6, 6.07) is 15.2. The average molecular weight is 392 g/mol. The lowest BCUT2D eigenvalue weighted by Crippen LogP contribution is -2.43. The first-order valence-electron chi connectivity index (χ1n) is 9.78. The van der Waals surface area contributed by atoms with Crippen LogP contribution in [0.2, 0.25) is 0 Å². The van der Waals surface area contributed by atoms with Gasteiger partial charge in [0.25, 0.3) is 5.91 Å². The second kappa shape index (κ2) is 8.34. The first kappa shape index (κ1) is 19.0. The van der Waals surface area contributed by atoms with E-state index in [4.69, 9.17) is 4.74 Å². The standard InChI is InChI=1S/C22H24N4O3/c1-29-17-8-6-15(7-9-17)14-23-21(27)16-10-12-26(13-11-16)22(28)20-18-4-2-3-5-19(18)24-25-20/h2-9,16H,10-14H2,1H3,(H,23,27)(H,24,25). The molecule has 1 aromatic heterocycles. The third-order valence-corrected chi connectivity index (χ3v) is 5.45. The molecular formula is C22H24N4O3. The highest BCUT2D eigenvalue weighted by Gasteiger charge is 2.29. The summed E-state index contributed by atoms with van der Waals surface area (Å²) < 4.78 is 5.14. The Morgan fingerprint density at radius 3 is 2.59 bits per heavy atom. The number of amides is 2. The molecule has 2 aromatic carbocycles. The molecule has 2 amide bonds. The highest BCUT2D eigenvalue weighted by molar-refractivity contribution is 6.04. The Morgan fingerprint density at radius 1 is 1.14 bits per heavy atom. The minimum atomic E-state index is -0.0838. The van der Waals surface area contributed by atoms with E-state index in [0.29, 0.717) is 38.2 Å². The molecule has 1 aliphatic heterocycles. The van der Waals surface area contributed by atoms with Crippen LogP contribution < -0.4 is 10.1 Å². The first-order chi connectivity index (χ1) is 14.2. The molecule has 0 bridgehead atoms. The van der Waals surface area contributed by atoms with Crippen molar-refractivity contribution in [3.8, 4) is 5.75 Å². The van der Waals surface area contributed by atoms with Gasteiger partial charge in [-0.2, -0.15) is 5.10 Å². The summed E-state index contributed by atoms with van der Waals surface area (Å²) in [7, 11) is 1.63. The van der Waals surface area contributed by atoms with Crippen LogP contribution in [0.1, 0.15) is 28.9 Å². The molecule has 0 unspecified atom stereocenters. The zero-order valence-electron chi connectivity index (χ0n) is 16.4. The fourth-order valence-corrected chi connectivity index (χ4v) is 3.70. The van der Waals surface area contributed by atoms with E-state index in [-0.39, 0.29) is 17.7 Å². The van der Waals surface area contributed by atoms with E-state index in [0.717, 1.165) is 22.2 Å². The number of aromatic amines is 1. The highest BCUT2D eigenvalue weighted by Crippen LogP contribution is 2.22. The number of rotatable bonds is 5. The molecule has 7 heteroatoms. The average Bonchev–Trinajstić information content (AvgIpc) is 3.21. The molecule has 3 aromatic rings. The zero-order valence-corrected chi connectivity index (χ0v) is 16.4. The van der Waals surface area contributed by atoms with Gasteiger partial charge in [-0.1, -0.05) is 30.3 Å². The smallest absolute Gasteiger partial charge is 0.274 e. The van der Waals surface area contributed by atoms with E-state index in [1.807, 2.05) is 48.5 Å². The van der Waals surface area contributed by atoms with Crippen LogP contribution in [0.3, 0.4) is 0 Å². The van der Waals surface area contributed by atoms with Crippen LogP contribution in [0.4, 0.5) is 0 Å². The summed E-state index contributed by atoms with van der Waals surface area (Å²) in [5, 5.41) is 10.9. The second-order valence-electron chi connectivity index (χ2n) is 7.25. The van der Waals surface area contributed by atoms with Gasteiger partial charge in [-0.15, -0.1) is 0 Å². The number of carbonyl (C=O) groups excluding carboxylic acids is 2. The third kappa shape index (κ3) is 4.08. The molecular weight excluding hydrogens is 368 g/mol. The number of methoxy groups -OCH3 is 1. The van der Waals surface area contributed by atoms with Crippen LogP contribution in [0.25, 0.3) is 10.9 Å². The Kier molecular flexibility index (Phi) is 5.46. The number of ether oxygens (including phenoxy) is 1. The van der Waals surface area contributed by atoms with Crippen molar-refractivity contribution in [1.82, 2.24) is 20.4 Å². The number of H-pyrrole nitrogens is 1. The molecule has 0 atom stereocenters. The van der Waals surface area contributed by atoms with E-state index in [9.17, 15) is 9.59 Å². The molecule has 29 heavy (non-hydrogen) atoms. The van der Waals surface area contributed by atoms with Gasteiger partial charge in [-0.3, -0.25) is 14.7 Å². The molecule has 0 radical (unpaired) electrons. The van der Waals surface area contributed by atoms with E-state index < -0.39 is 0 Å². The molecule has 1 fully saturated rings. The maximum absolute atomic E-state index is 12.8. The van der Waals surface area contributed by atoms with Crippen LogP contribution in [0.5, 0.6) is 5.75 Å². The predicted molar refractivity (Wildman–Crippen MR) is 110 cm³/mol. The molecule has 4 rings (SSSR count). The normalized spacial score (nSPS) is 14.7. The highest BCUT2D eigenvalue weighted by atomic mass is 16.5. The number of hydrogen-bond acceptors (Lipinski definition) is 4. The number of para-hydroxylation sites is 1. The molecule has 1 saturated heterocycles. The lowest BCUT2D eigenvalue weighted by atomic mass is 9.95. The number of carbonyl (C=O) groups is 2. The monoisotopic (exact) mass is 392 g/mol. The molecule has 0 aliphatic carbocycles. The lowest BCUT2D eigenvalue weighted by molar-refractivity contribution is -0.126. The Labute approximate surface area is 169 Å². The molecule has 7 nitrogen and oxygen atoms in total. The Morgan fingerprint density at radius 2 is 1.86 bits per heavy atom. The van der Waals surface area contributed by atoms with Gasteiger partial charge >= 0.3 is 0 Å². The summed E-state index contributed by atoms with van der Waals surface area (Å²) in [6.45, 7) is 1.60. The van der Waals surface area contributed by atoms with Gasteiger partial charge in [-0.05, 0) is 36.6 Å². The second-order valence-corrected chi connectivity index (χ2v) is 7.25. The van der Waals surface area contributed by atoms with Crippen molar-refractivity contribution in [3.63, 3.8) is 0 Å². The fourth-order valence-electron chi connectivity index (χ4n) is 3.70. The maximum atomic E-state index is 12.8. The topological polar surface area (TPSA) is 87.3 Å². The van der Waals surface area contributed by atoms with Gasteiger partial charge in [0.15, 0.2) is 5.69 Å². The largest absolute Gasteiger partial charge is 0.497 e. The van der Waals surface area contributed by atoms with E-state index in [1.54, 1.807) is 12.0 Å². The Bertz CT molecular complexity index is 1000. The number of hydrogen-bond donors (Lipinski definition) is 2. The van der Waals surface area contributed by atoms with Gasteiger partial charge < -0.3 is 15.0 Å². The molecule has 1 aliphatic rings. The van der Waals surface area contributed by atoms with Crippen molar-refractivity contribution >= 4 is 22.7 Å². The van der Waals surface area contributed by atoms with Gasteiger partial charge in [0.2, 0.25) is 5.91 Å². The molecule has 150 valence electrons. The summed E-state index contributed by atoms with van der Waals surface area (Å²) in [5.74, 6) is 0.674. The van der Waals surface area contributed by atoms with Crippen molar-refractivity contribution in [2.45, 2.75) is 19.4 Å². The minimum absolute atomic E-state index is 0.0399. The summed E-state index contributed by atoms with van der Waals surface area (Å²) in [5.41, 5.74) is 2.32. The molecule has 2 heterocycles. The number of piperidine rings is 1. The van der Waals surface area contributed by atoms with Gasteiger partial charge in [-0.25, -0.2) is 0 Å². The minimum Gasteiger partial charge on any atom is -0.497 e. The Hall–Kier alpha value is -3.35. The number of benzene rings is 2. The quantitative estimate of drug-likeness (QED) is 0.699. The fraction of sp³-hybridized carbons (Fsp3) is 0.318. The molecule has 2 N–H and O–H groups in total. The van der Waals surface area contributed by atoms with Crippen LogP contribution in [0, 0.1) is 5.92 Å². The summed E-state index contributed by atoms with van der Waals surface area (Å²) in [6.07, 6.45) is 1.31. The molecule has 0 saturated carbocycles. The first-order valence-corrected chi connectivity index (χ1v) is 9.78. The number of aromatic nitrogens is 2. The summed E-state index contributed by atoms with van der Waals surface area (Å²) in [4.78, 5) is 27.2. The molecule has 0 spiro atoms. The van der Waals surface area contributed by atoms with Crippen LogP contribution in [-0.2, 0) is 11.3 Å². The predicted octanol–water partition coefficient (Wildman–Crippen LogP) is 2.74. The number of likely N-dealkylation sites (tertiary alicyclic amines) is 1. The number of nitrogens with zero attached hydrogens (tertiary/aromatic N) is 2. The SMILES string of the molecule is COc1ccc(CNC(=O)C2CCN(C(=O)c3n[nH]c4ccccc34)CC2)cc1. The number of fused-ring (bicyclic) bond motifs is 1. The van der Waals surface area contributed by atoms with Crippen molar-refractivity contribution in [2.24, 2.45) is 5.92 Å².